The molecule has 1 aromatic heterocycles. The van der Waals surface area contributed by atoms with Gasteiger partial charge in [-0.1, -0.05) is 0 Å². The van der Waals surface area contributed by atoms with Crippen LogP contribution in [0.1, 0.15) is 16.4 Å². The first kappa shape index (κ1) is 12.9. The molecule has 19 heavy (non-hydrogen) atoms. The Kier molecular flexibility index (Phi) is 3.65. The molecule has 0 fully saturated rings. The van der Waals surface area contributed by atoms with E-state index in [9.17, 15) is 4.79 Å². The Morgan fingerprint density at radius 2 is 1.84 bits per heavy atom. The Hall–Kier alpha value is -2.57. The molecule has 7 heteroatoms. The molecule has 0 unspecified atom stereocenters. The maximum atomic E-state index is 11.9. The van der Waals surface area contributed by atoms with E-state index < -0.39 is 5.91 Å². The number of rotatable bonds is 4. The second-order valence-electron chi connectivity index (χ2n) is 3.80. The number of ether oxygens (including phenoxy) is 2. The van der Waals surface area contributed by atoms with Crippen molar-refractivity contribution in [2.24, 2.45) is 0 Å². The van der Waals surface area contributed by atoms with E-state index in [1.807, 2.05) is 0 Å². The summed E-state index contributed by atoms with van der Waals surface area (Å²) in [6.45, 7) is 1.72. The molecule has 7 nitrogen and oxygen atoms in total. The highest BCUT2D eigenvalue weighted by Crippen LogP contribution is 2.25. The van der Waals surface area contributed by atoms with Gasteiger partial charge >= 0.3 is 0 Å². The zero-order chi connectivity index (χ0) is 13.8. The largest absolute Gasteiger partial charge is 0.497 e. The fourth-order valence-electron chi connectivity index (χ4n) is 1.51. The molecule has 0 atom stereocenters. The third kappa shape index (κ3) is 3.01. The summed E-state index contributed by atoms with van der Waals surface area (Å²) in [4.78, 5) is 15.8. The third-order valence-corrected chi connectivity index (χ3v) is 2.41. The fraction of sp³-hybridized carbons (Fsp3) is 0.250. The van der Waals surface area contributed by atoms with E-state index in [0.717, 1.165) is 0 Å². The van der Waals surface area contributed by atoms with Crippen LogP contribution in [0.15, 0.2) is 18.2 Å². The van der Waals surface area contributed by atoms with Gasteiger partial charge in [0.2, 0.25) is 5.82 Å². The molecule has 0 saturated carbocycles. The van der Waals surface area contributed by atoms with E-state index in [1.54, 1.807) is 39.3 Å². The van der Waals surface area contributed by atoms with Gasteiger partial charge in [0.1, 0.15) is 17.3 Å². The molecule has 1 heterocycles. The smallest absolute Gasteiger partial charge is 0.295 e. The summed E-state index contributed by atoms with van der Waals surface area (Å²) in [7, 11) is 3.08. The number of aromatic amines is 1. The number of aromatic nitrogens is 3. The van der Waals surface area contributed by atoms with Crippen LogP contribution in [0.4, 0.5) is 5.69 Å². The molecule has 0 spiro atoms. The molecule has 0 aliphatic rings. The average Bonchev–Trinajstić information content (AvgIpc) is 2.85. The van der Waals surface area contributed by atoms with Gasteiger partial charge < -0.3 is 14.8 Å². The van der Waals surface area contributed by atoms with E-state index in [4.69, 9.17) is 9.47 Å². The molecular weight excluding hydrogens is 248 g/mol. The number of carbonyl (C=O) groups is 1. The summed E-state index contributed by atoms with van der Waals surface area (Å²) < 4.78 is 10.2. The van der Waals surface area contributed by atoms with Crippen LogP contribution < -0.4 is 14.8 Å². The standard InChI is InChI=1S/C12H14N4O3/c1-7-13-11(16-15-7)12(17)14-8-4-9(18-2)6-10(5-8)19-3/h4-6H,1-3H3,(H,14,17)(H,13,15,16). The van der Waals surface area contributed by atoms with Crippen molar-refractivity contribution in [3.8, 4) is 11.5 Å². The van der Waals surface area contributed by atoms with Gasteiger partial charge in [0.25, 0.3) is 5.91 Å². The van der Waals surface area contributed by atoms with E-state index in [1.165, 1.54) is 0 Å². The molecule has 0 radical (unpaired) electrons. The van der Waals surface area contributed by atoms with Crippen LogP contribution in [-0.2, 0) is 0 Å². The van der Waals surface area contributed by atoms with Crippen LogP contribution in [0, 0.1) is 6.92 Å². The highest BCUT2D eigenvalue weighted by Gasteiger charge is 2.12. The number of anilines is 1. The number of methoxy groups -OCH3 is 2. The van der Waals surface area contributed by atoms with Gasteiger partial charge in [-0.05, 0) is 6.92 Å². The molecule has 0 aliphatic carbocycles. The third-order valence-electron chi connectivity index (χ3n) is 2.41. The minimum Gasteiger partial charge on any atom is -0.497 e. The summed E-state index contributed by atoms with van der Waals surface area (Å²) in [6.07, 6.45) is 0. The Morgan fingerprint density at radius 3 is 2.32 bits per heavy atom. The van der Waals surface area contributed by atoms with Crippen molar-refractivity contribution < 1.29 is 14.3 Å². The normalized spacial score (nSPS) is 10.1. The molecule has 1 aromatic carbocycles. The summed E-state index contributed by atoms with van der Waals surface area (Å²) in [5.41, 5.74) is 0.545. The van der Waals surface area contributed by atoms with Crippen LogP contribution in [0.2, 0.25) is 0 Å². The minimum atomic E-state index is -0.403. The lowest BCUT2D eigenvalue weighted by Crippen LogP contribution is -2.14. The number of nitrogens with one attached hydrogen (secondary N) is 2. The van der Waals surface area contributed by atoms with E-state index >= 15 is 0 Å². The number of nitrogens with zero attached hydrogens (tertiary/aromatic N) is 2. The van der Waals surface area contributed by atoms with Crippen molar-refractivity contribution in [2.75, 3.05) is 19.5 Å². The topological polar surface area (TPSA) is 89.1 Å². The van der Waals surface area contributed by atoms with Crippen LogP contribution in [0.5, 0.6) is 11.5 Å². The van der Waals surface area contributed by atoms with Crippen molar-refractivity contribution >= 4 is 11.6 Å². The monoisotopic (exact) mass is 262 g/mol. The lowest BCUT2D eigenvalue weighted by atomic mass is 10.2. The maximum absolute atomic E-state index is 11.9. The predicted molar refractivity (Wildman–Crippen MR) is 68.6 cm³/mol. The maximum Gasteiger partial charge on any atom is 0.295 e. The van der Waals surface area contributed by atoms with Crippen molar-refractivity contribution in [1.82, 2.24) is 15.2 Å². The fourth-order valence-corrected chi connectivity index (χ4v) is 1.51. The van der Waals surface area contributed by atoms with Crippen molar-refractivity contribution in [1.29, 1.82) is 0 Å². The predicted octanol–water partition coefficient (Wildman–Crippen LogP) is 1.38. The van der Waals surface area contributed by atoms with Crippen molar-refractivity contribution in [3.05, 3.63) is 29.8 Å². The second-order valence-corrected chi connectivity index (χ2v) is 3.80. The van der Waals surface area contributed by atoms with Crippen molar-refractivity contribution in [2.45, 2.75) is 6.92 Å². The zero-order valence-corrected chi connectivity index (χ0v) is 10.9. The molecule has 0 aliphatic heterocycles. The number of carbonyl (C=O) groups excluding carboxylic acids is 1. The molecule has 1 amide bonds. The summed E-state index contributed by atoms with van der Waals surface area (Å²) in [5, 5.41) is 9.07. The molecule has 2 rings (SSSR count). The molecule has 0 saturated heterocycles. The first-order valence-corrected chi connectivity index (χ1v) is 5.56. The lowest BCUT2D eigenvalue weighted by Gasteiger charge is -2.08. The van der Waals surface area contributed by atoms with Gasteiger partial charge in [0.15, 0.2) is 0 Å². The summed E-state index contributed by atoms with van der Waals surface area (Å²) in [5.74, 6) is 1.42. The quantitative estimate of drug-likeness (QED) is 0.869. The van der Waals surface area contributed by atoms with Gasteiger partial charge in [-0.15, -0.1) is 5.10 Å². The Balaban J connectivity index is 2.20. The van der Waals surface area contributed by atoms with Crippen LogP contribution in [0.3, 0.4) is 0 Å². The summed E-state index contributed by atoms with van der Waals surface area (Å²) in [6, 6.07) is 5.08. The van der Waals surface area contributed by atoms with Gasteiger partial charge in [-0.3, -0.25) is 9.89 Å². The second kappa shape index (κ2) is 5.38. The number of H-pyrrole nitrogens is 1. The first-order chi connectivity index (χ1) is 9.12. The van der Waals surface area contributed by atoms with Gasteiger partial charge in [-0.25, -0.2) is 4.98 Å². The number of hydrogen-bond donors (Lipinski definition) is 2. The van der Waals surface area contributed by atoms with E-state index in [2.05, 4.69) is 20.5 Å². The molecule has 2 aromatic rings. The average molecular weight is 262 g/mol. The summed E-state index contributed by atoms with van der Waals surface area (Å²) >= 11 is 0. The zero-order valence-electron chi connectivity index (χ0n) is 10.9. The van der Waals surface area contributed by atoms with E-state index in [-0.39, 0.29) is 5.82 Å². The first-order valence-electron chi connectivity index (χ1n) is 5.56. The number of aryl methyl sites for hydroxylation is 1. The molecule has 2 N–H and O–H groups in total. The Labute approximate surface area is 110 Å². The van der Waals surface area contributed by atoms with Gasteiger partial charge in [0.05, 0.1) is 14.2 Å². The van der Waals surface area contributed by atoms with Crippen LogP contribution in [-0.4, -0.2) is 35.3 Å². The lowest BCUT2D eigenvalue weighted by molar-refractivity contribution is 0.101. The number of amides is 1. The van der Waals surface area contributed by atoms with Crippen LogP contribution in [0.25, 0.3) is 0 Å². The highest BCUT2D eigenvalue weighted by molar-refractivity contribution is 6.01. The highest BCUT2D eigenvalue weighted by atomic mass is 16.5. The Bertz CT molecular complexity index is 572. The molecule has 0 bridgehead atoms. The SMILES string of the molecule is COc1cc(NC(=O)c2n[nH]c(C)n2)cc(OC)c1. The van der Waals surface area contributed by atoms with E-state index in [0.29, 0.717) is 23.0 Å². The Morgan fingerprint density at radius 1 is 1.21 bits per heavy atom. The molecular formula is C12H14N4O3. The van der Waals surface area contributed by atoms with Crippen LogP contribution >= 0.6 is 0 Å². The van der Waals surface area contributed by atoms with Gasteiger partial charge in [0, 0.05) is 23.9 Å². The molecule has 100 valence electrons. The van der Waals surface area contributed by atoms with Crippen molar-refractivity contribution in [3.63, 3.8) is 0 Å². The minimum absolute atomic E-state index is 0.0827. The number of hydrogen-bond acceptors (Lipinski definition) is 5. The number of benzene rings is 1. The van der Waals surface area contributed by atoms with Gasteiger partial charge in [-0.2, -0.15) is 0 Å².